The van der Waals surface area contributed by atoms with Crippen molar-refractivity contribution in [3.05, 3.63) is 108 Å². The molecule has 2 heterocycles. The number of rotatable bonds is 5. The molecule has 0 bridgehead atoms. The summed E-state index contributed by atoms with van der Waals surface area (Å²) >= 11 is 0. The van der Waals surface area contributed by atoms with E-state index in [1.54, 1.807) is 30.3 Å². The number of carbonyl (C=O) groups is 2. The number of aromatic nitrogens is 2. The van der Waals surface area contributed by atoms with Crippen molar-refractivity contribution in [2.45, 2.75) is 26.0 Å². The van der Waals surface area contributed by atoms with E-state index in [1.165, 1.54) is 4.90 Å². The highest BCUT2D eigenvalue weighted by molar-refractivity contribution is 6.51. The summed E-state index contributed by atoms with van der Waals surface area (Å²) in [5, 5.41) is 13.4. The number of hydrogen-bond acceptors (Lipinski definition) is 5. The molecule has 2 N–H and O–H groups in total. The van der Waals surface area contributed by atoms with Gasteiger partial charge in [-0.1, -0.05) is 60.7 Å². The maximum absolute atomic E-state index is 13.5. The standard InChI is InChI=1S/C31H25N3O4/c1-18(2)38-23-15-13-20(14-16-23)27-26(28(35)22-12-11-19-7-3-4-8-21(19)17-22)29(36)30(37)34(27)31-32-24-9-5-6-10-25(24)33-31/h3-18,27,35H,1-2H3,(H,32,33)/b28-26+. The van der Waals surface area contributed by atoms with Crippen LogP contribution in [-0.2, 0) is 9.59 Å². The molecular weight excluding hydrogens is 478 g/mol. The highest BCUT2D eigenvalue weighted by atomic mass is 16.5. The van der Waals surface area contributed by atoms with Crippen LogP contribution < -0.4 is 9.64 Å². The molecule has 1 amide bonds. The van der Waals surface area contributed by atoms with Crippen LogP contribution >= 0.6 is 0 Å². The van der Waals surface area contributed by atoms with Gasteiger partial charge in [0.1, 0.15) is 11.5 Å². The molecule has 7 nitrogen and oxygen atoms in total. The van der Waals surface area contributed by atoms with E-state index in [0.29, 0.717) is 22.4 Å². The van der Waals surface area contributed by atoms with E-state index in [4.69, 9.17) is 4.74 Å². The molecule has 188 valence electrons. The fourth-order valence-corrected chi connectivity index (χ4v) is 4.91. The van der Waals surface area contributed by atoms with E-state index in [1.807, 2.05) is 74.5 Å². The number of nitrogens with zero attached hydrogens (tertiary/aromatic N) is 2. The summed E-state index contributed by atoms with van der Waals surface area (Å²) in [7, 11) is 0. The number of carbonyl (C=O) groups excluding carboxylic acids is 2. The first-order valence-electron chi connectivity index (χ1n) is 12.4. The number of imidazole rings is 1. The smallest absolute Gasteiger partial charge is 0.302 e. The molecule has 1 aliphatic heterocycles. The number of ether oxygens (including phenoxy) is 1. The number of aliphatic hydroxyl groups excluding tert-OH is 1. The molecular formula is C31H25N3O4. The van der Waals surface area contributed by atoms with Crippen molar-refractivity contribution in [2.75, 3.05) is 4.90 Å². The minimum atomic E-state index is -0.893. The number of amides is 1. The number of H-pyrrole nitrogens is 1. The Hall–Kier alpha value is -4.91. The molecule has 0 saturated carbocycles. The molecule has 0 radical (unpaired) electrons. The minimum Gasteiger partial charge on any atom is -0.507 e. The molecule has 1 aliphatic rings. The van der Waals surface area contributed by atoms with Gasteiger partial charge in [0, 0.05) is 5.56 Å². The monoisotopic (exact) mass is 503 g/mol. The lowest BCUT2D eigenvalue weighted by molar-refractivity contribution is -0.132. The maximum atomic E-state index is 13.5. The molecule has 5 aromatic rings. The van der Waals surface area contributed by atoms with Crippen LogP contribution in [0.2, 0.25) is 0 Å². The Morgan fingerprint density at radius 1 is 0.921 bits per heavy atom. The van der Waals surface area contributed by atoms with Gasteiger partial charge in [-0.3, -0.25) is 14.5 Å². The minimum absolute atomic E-state index is 0.00302. The van der Waals surface area contributed by atoms with Crippen LogP contribution in [0.25, 0.3) is 27.6 Å². The Morgan fingerprint density at radius 3 is 2.37 bits per heavy atom. The number of ketones is 1. The topological polar surface area (TPSA) is 95.5 Å². The fraction of sp³-hybridized carbons (Fsp3) is 0.129. The number of aromatic amines is 1. The fourth-order valence-electron chi connectivity index (χ4n) is 4.91. The first-order chi connectivity index (χ1) is 18.4. The van der Waals surface area contributed by atoms with Gasteiger partial charge in [-0.05, 0) is 60.5 Å². The molecule has 1 saturated heterocycles. The van der Waals surface area contributed by atoms with Crippen molar-refractivity contribution in [1.29, 1.82) is 0 Å². The van der Waals surface area contributed by atoms with E-state index in [2.05, 4.69) is 9.97 Å². The van der Waals surface area contributed by atoms with Gasteiger partial charge < -0.3 is 14.8 Å². The zero-order valence-corrected chi connectivity index (χ0v) is 20.9. The largest absolute Gasteiger partial charge is 0.507 e. The van der Waals surface area contributed by atoms with E-state index in [9.17, 15) is 14.7 Å². The highest BCUT2D eigenvalue weighted by Crippen LogP contribution is 2.42. The van der Waals surface area contributed by atoms with Crippen LogP contribution in [0, 0.1) is 0 Å². The Labute approximate surface area is 219 Å². The average molecular weight is 504 g/mol. The summed E-state index contributed by atoms with van der Waals surface area (Å²) in [6, 6.07) is 26.9. The molecule has 0 spiro atoms. The van der Waals surface area contributed by atoms with Crippen LogP contribution in [0.15, 0.2) is 96.6 Å². The van der Waals surface area contributed by atoms with Crippen molar-refractivity contribution in [3.8, 4) is 5.75 Å². The molecule has 1 unspecified atom stereocenters. The summed E-state index contributed by atoms with van der Waals surface area (Å²) in [5.74, 6) is -0.875. The summed E-state index contributed by atoms with van der Waals surface area (Å²) in [6.07, 6.45) is -0.00469. The summed E-state index contributed by atoms with van der Waals surface area (Å²) in [5.41, 5.74) is 2.50. The molecule has 7 heteroatoms. The Bertz CT molecular complexity index is 1700. The van der Waals surface area contributed by atoms with Crippen LogP contribution in [0.4, 0.5) is 5.95 Å². The third kappa shape index (κ3) is 3.98. The molecule has 38 heavy (non-hydrogen) atoms. The summed E-state index contributed by atoms with van der Waals surface area (Å²) in [4.78, 5) is 36.1. The van der Waals surface area contributed by atoms with Gasteiger partial charge in [-0.25, -0.2) is 4.98 Å². The van der Waals surface area contributed by atoms with Gasteiger partial charge in [-0.15, -0.1) is 0 Å². The number of aliphatic hydroxyl groups is 1. The zero-order valence-electron chi connectivity index (χ0n) is 20.9. The number of hydrogen-bond donors (Lipinski definition) is 2. The van der Waals surface area contributed by atoms with Gasteiger partial charge >= 0.3 is 5.91 Å². The first kappa shape index (κ1) is 23.5. The maximum Gasteiger partial charge on any atom is 0.302 e. The first-order valence-corrected chi connectivity index (χ1v) is 12.4. The Morgan fingerprint density at radius 2 is 1.63 bits per heavy atom. The Kier molecular flexibility index (Phi) is 5.68. The van der Waals surface area contributed by atoms with E-state index in [0.717, 1.165) is 16.3 Å². The Balaban J connectivity index is 1.53. The number of benzene rings is 4. The van der Waals surface area contributed by atoms with Crippen LogP contribution in [0.3, 0.4) is 0 Å². The summed E-state index contributed by atoms with van der Waals surface area (Å²) in [6.45, 7) is 3.88. The third-order valence-corrected chi connectivity index (χ3v) is 6.64. The number of fused-ring (bicyclic) bond motifs is 2. The molecule has 1 aromatic heterocycles. The van der Waals surface area contributed by atoms with Crippen molar-refractivity contribution in [3.63, 3.8) is 0 Å². The molecule has 0 aliphatic carbocycles. The van der Waals surface area contributed by atoms with Crippen LogP contribution in [-0.4, -0.2) is 32.9 Å². The predicted octanol–water partition coefficient (Wildman–Crippen LogP) is 6.13. The molecule has 1 atom stereocenters. The number of Topliss-reactive ketones (excluding diaryl/α,β-unsaturated/α-hetero) is 1. The summed E-state index contributed by atoms with van der Waals surface area (Å²) < 4.78 is 5.78. The lowest BCUT2D eigenvalue weighted by Gasteiger charge is -2.23. The van der Waals surface area contributed by atoms with Crippen molar-refractivity contribution in [1.82, 2.24) is 9.97 Å². The van der Waals surface area contributed by atoms with E-state index in [-0.39, 0.29) is 23.4 Å². The molecule has 1 fully saturated rings. The van der Waals surface area contributed by atoms with Crippen LogP contribution in [0.5, 0.6) is 5.75 Å². The average Bonchev–Trinajstić information content (AvgIpc) is 3.46. The van der Waals surface area contributed by atoms with Gasteiger partial charge in [-0.2, -0.15) is 0 Å². The van der Waals surface area contributed by atoms with E-state index < -0.39 is 17.7 Å². The second-order valence-electron chi connectivity index (χ2n) is 9.54. The normalized spacial score (nSPS) is 17.1. The van der Waals surface area contributed by atoms with Gasteiger partial charge in [0.2, 0.25) is 5.95 Å². The quantitative estimate of drug-likeness (QED) is 0.171. The van der Waals surface area contributed by atoms with Crippen LogP contribution in [0.1, 0.15) is 31.0 Å². The van der Waals surface area contributed by atoms with Gasteiger partial charge in [0.25, 0.3) is 5.78 Å². The van der Waals surface area contributed by atoms with Crippen molar-refractivity contribution < 1.29 is 19.4 Å². The van der Waals surface area contributed by atoms with E-state index >= 15 is 0 Å². The number of para-hydroxylation sites is 2. The second kappa shape index (κ2) is 9.19. The SMILES string of the molecule is CC(C)Oc1ccc(C2/C(=C(\O)c3ccc4ccccc4c3)C(=O)C(=O)N2c2nc3ccccc3[nH]2)cc1. The highest BCUT2D eigenvalue weighted by Gasteiger charge is 2.48. The molecule has 6 rings (SSSR count). The molecule has 4 aromatic carbocycles. The van der Waals surface area contributed by atoms with Crippen molar-refractivity contribution >= 4 is 45.2 Å². The number of anilines is 1. The lowest BCUT2D eigenvalue weighted by atomic mass is 9.94. The third-order valence-electron chi connectivity index (χ3n) is 6.64. The van der Waals surface area contributed by atoms with Crippen molar-refractivity contribution in [2.24, 2.45) is 0 Å². The second-order valence-corrected chi connectivity index (χ2v) is 9.54. The van der Waals surface area contributed by atoms with Gasteiger partial charge in [0.15, 0.2) is 0 Å². The zero-order chi connectivity index (χ0) is 26.4. The number of nitrogens with one attached hydrogen (secondary N) is 1. The lowest BCUT2D eigenvalue weighted by Crippen LogP contribution is -2.30. The van der Waals surface area contributed by atoms with Gasteiger partial charge in [0.05, 0.1) is 28.8 Å². The predicted molar refractivity (Wildman–Crippen MR) is 147 cm³/mol.